The maximum absolute atomic E-state index is 12.3. The Labute approximate surface area is 161 Å². The topological polar surface area (TPSA) is 86.7 Å². The molecule has 1 saturated heterocycles. The molecule has 26 heavy (non-hydrogen) atoms. The summed E-state index contributed by atoms with van der Waals surface area (Å²) in [7, 11) is -3.72. The zero-order chi connectivity index (χ0) is 18.7. The number of hydrogen-bond acceptors (Lipinski definition) is 5. The van der Waals surface area contributed by atoms with Crippen molar-refractivity contribution in [1.29, 1.82) is 0 Å². The van der Waals surface area contributed by atoms with Crippen molar-refractivity contribution in [3.05, 3.63) is 46.3 Å². The lowest BCUT2D eigenvalue weighted by Crippen LogP contribution is -2.43. The van der Waals surface area contributed by atoms with Crippen molar-refractivity contribution in [3.8, 4) is 5.75 Å². The molecule has 6 nitrogen and oxygen atoms in total. The number of rotatable bonds is 5. The lowest BCUT2D eigenvalue weighted by atomic mass is 9.89. The molecule has 0 bridgehead atoms. The molecular formula is C17H19ClN2O4S2. The first-order valence-corrected chi connectivity index (χ1v) is 10.8. The Morgan fingerprint density at radius 2 is 1.85 bits per heavy atom. The number of benzene rings is 1. The quantitative estimate of drug-likeness (QED) is 0.787. The number of carbonyl (C=O) groups is 1. The predicted molar refractivity (Wildman–Crippen MR) is 101 cm³/mol. The third-order valence-corrected chi connectivity index (χ3v) is 7.56. The van der Waals surface area contributed by atoms with E-state index in [4.69, 9.17) is 11.6 Å². The number of phenols is 1. The molecule has 1 amide bonds. The fraction of sp³-hybridized carbons (Fsp3) is 0.353. The van der Waals surface area contributed by atoms with Crippen LogP contribution >= 0.6 is 22.9 Å². The number of aromatic hydroxyl groups is 1. The highest BCUT2D eigenvalue weighted by Crippen LogP contribution is 2.29. The van der Waals surface area contributed by atoms with E-state index in [1.165, 1.54) is 12.1 Å². The van der Waals surface area contributed by atoms with E-state index >= 15 is 0 Å². The second kappa shape index (κ2) is 7.96. The molecule has 1 aromatic heterocycles. The monoisotopic (exact) mass is 414 g/mol. The average Bonchev–Trinajstić information content (AvgIpc) is 3.08. The Morgan fingerprint density at radius 3 is 2.42 bits per heavy atom. The van der Waals surface area contributed by atoms with Gasteiger partial charge >= 0.3 is 0 Å². The lowest BCUT2D eigenvalue weighted by Gasteiger charge is -2.32. The molecule has 9 heteroatoms. The Balaban J connectivity index is 1.51. The van der Waals surface area contributed by atoms with Gasteiger partial charge in [-0.3, -0.25) is 4.79 Å². The number of piperidine rings is 1. The molecule has 0 radical (unpaired) electrons. The summed E-state index contributed by atoms with van der Waals surface area (Å²) >= 11 is 6.71. The van der Waals surface area contributed by atoms with Gasteiger partial charge in [0.05, 0.1) is 10.9 Å². The van der Waals surface area contributed by atoms with Gasteiger partial charge in [0.2, 0.25) is 5.91 Å². The van der Waals surface area contributed by atoms with E-state index in [9.17, 15) is 18.3 Å². The number of sulfonamides is 1. The summed E-state index contributed by atoms with van der Waals surface area (Å²) in [5.74, 6) is 0.339. The van der Waals surface area contributed by atoms with Gasteiger partial charge in [0.1, 0.15) is 9.96 Å². The molecular weight excluding hydrogens is 396 g/mol. The van der Waals surface area contributed by atoms with Crippen LogP contribution in [0.2, 0.25) is 4.34 Å². The van der Waals surface area contributed by atoms with Gasteiger partial charge in [0.15, 0.2) is 0 Å². The first kappa shape index (κ1) is 19.2. The molecule has 0 unspecified atom stereocenters. The third-order valence-electron chi connectivity index (χ3n) is 4.44. The summed E-state index contributed by atoms with van der Waals surface area (Å²) in [6.07, 6.45) is 1.62. The van der Waals surface area contributed by atoms with Crippen LogP contribution in [0.3, 0.4) is 0 Å². The van der Waals surface area contributed by atoms with Crippen molar-refractivity contribution in [2.75, 3.05) is 19.6 Å². The highest BCUT2D eigenvalue weighted by atomic mass is 35.5. The second-order valence-corrected chi connectivity index (χ2v) is 9.84. The van der Waals surface area contributed by atoms with Crippen LogP contribution in [0.5, 0.6) is 5.75 Å². The summed E-state index contributed by atoms with van der Waals surface area (Å²) in [5.41, 5.74) is 1.14. The minimum atomic E-state index is -3.72. The molecule has 0 saturated carbocycles. The smallest absolute Gasteiger partial charge is 0.250 e. The van der Waals surface area contributed by atoms with E-state index in [0.717, 1.165) is 29.7 Å². The van der Waals surface area contributed by atoms with Crippen molar-refractivity contribution in [1.82, 2.24) is 9.62 Å². The van der Waals surface area contributed by atoms with Crippen LogP contribution in [-0.2, 0) is 14.8 Å². The van der Waals surface area contributed by atoms with E-state index in [0.29, 0.717) is 23.3 Å². The van der Waals surface area contributed by atoms with E-state index in [1.54, 1.807) is 17.0 Å². The molecule has 2 aromatic rings. The molecule has 1 aliphatic rings. The Bertz CT molecular complexity index is 872. The van der Waals surface area contributed by atoms with Gasteiger partial charge in [0.25, 0.3) is 10.0 Å². The first-order valence-electron chi connectivity index (χ1n) is 8.17. The van der Waals surface area contributed by atoms with E-state index in [1.807, 2.05) is 12.1 Å². The van der Waals surface area contributed by atoms with Crippen LogP contribution in [0.15, 0.2) is 40.6 Å². The van der Waals surface area contributed by atoms with E-state index in [-0.39, 0.29) is 22.4 Å². The molecule has 0 spiro atoms. The second-order valence-electron chi connectivity index (χ2n) is 6.13. The van der Waals surface area contributed by atoms with Crippen molar-refractivity contribution < 1.29 is 18.3 Å². The van der Waals surface area contributed by atoms with Crippen LogP contribution in [-0.4, -0.2) is 44.0 Å². The lowest BCUT2D eigenvalue weighted by molar-refractivity contribution is -0.130. The van der Waals surface area contributed by atoms with Gasteiger partial charge in [0, 0.05) is 13.1 Å². The van der Waals surface area contributed by atoms with Crippen molar-refractivity contribution in [2.45, 2.75) is 23.0 Å². The van der Waals surface area contributed by atoms with Gasteiger partial charge in [-0.2, -0.15) is 0 Å². The number of halogens is 1. The number of nitrogens with one attached hydrogen (secondary N) is 1. The Hall–Kier alpha value is -1.61. The van der Waals surface area contributed by atoms with Crippen LogP contribution in [0.4, 0.5) is 0 Å². The minimum Gasteiger partial charge on any atom is -0.508 e. The zero-order valence-electron chi connectivity index (χ0n) is 13.9. The molecule has 0 aliphatic carbocycles. The highest BCUT2D eigenvalue weighted by Gasteiger charge is 2.25. The largest absolute Gasteiger partial charge is 0.508 e. The van der Waals surface area contributed by atoms with Gasteiger partial charge < -0.3 is 10.0 Å². The van der Waals surface area contributed by atoms with Gasteiger partial charge in [-0.15, -0.1) is 11.3 Å². The number of carbonyl (C=O) groups excluding carboxylic acids is 1. The number of likely N-dealkylation sites (tertiary alicyclic amines) is 1. The molecule has 2 heterocycles. The molecule has 2 N–H and O–H groups in total. The molecule has 1 fully saturated rings. The molecule has 3 rings (SSSR count). The standard InChI is InChI=1S/C17H19ClN2O4S2/c18-15-5-6-17(25-15)26(23,24)19-11-16(22)20-9-7-13(8-10-20)12-1-3-14(21)4-2-12/h1-6,13,19,21H,7-11H2. The molecule has 1 aliphatic heterocycles. The zero-order valence-corrected chi connectivity index (χ0v) is 16.3. The predicted octanol–water partition coefficient (Wildman–Crippen LogP) is 2.79. The minimum absolute atomic E-state index is 0.0985. The number of hydrogen-bond donors (Lipinski definition) is 2. The summed E-state index contributed by atoms with van der Waals surface area (Å²) < 4.78 is 27.1. The van der Waals surface area contributed by atoms with Gasteiger partial charge in [-0.05, 0) is 48.6 Å². The van der Waals surface area contributed by atoms with Gasteiger partial charge in [-0.25, -0.2) is 13.1 Å². The maximum Gasteiger partial charge on any atom is 0.250 e. The maximum atomic E-state index is 12.3. The summed E-state index contributed by atoms with van der Waals surface area (Å²) in [4.78, 5) is 14.0. The Kier molecular flexibility index (Phi) is 5.86. The van der Waals surface area contributed by atoms with Crippen molar-refractivity contribution in [2.24, 2.45) is 0 Å². The summed E-state index contributed by atoms with van der Waals surface area (Å²) in [5, 5.41) is 9.36. The van der Waals surface area contributed by atoms with E-state index < -0.39 is 10.0 Å². The number of nitrogens with zero attached hydrogens (tertiary/aromatic N) is 1. The van der Waals surface area contributed by atoms with Crippen LogP contribution in [0.1, 0.15) is 24.3 Å². The van der Waals surface area contributed by atoms with Crippen LogP contribution < -0.4 is 4.72 Å². The van der Waals surface area contributed by atoms with Crippen molar-refractivity contribution in [3.63, 3.8) is 0 Å². The fourth-order valence-electron chi connectivity index (χ4n) is 2.99. The molecule has 140 valence electrons. The molecule has 1 aromatic carbocycles. The fourth-order valence-corrected chi connectivity index (χ4v) is 5.49. The average molecular weight is 415 g/mol. The highest BCUT2D eigenvalue weighted by molar-refractivity contribution is 7.91. The molecule has 0 atom stereocenters. The number of thiophene rings is 1. The Morgan fingerprint density at radius 1 is 1.19 bits per heavy atom. The summed E-state index contributed by atoms with van der Waals surface area (Å²) in [6.45, 7) is 0.898. The first-order chi connectivity index (χ1) is 12.3. The number of amides is 1. The third kappa shape index (κ3) is 4.56. The van der Waals surface area contributed by atoms with E-state index in [2.05, 4.69) is 4.72 Å². The van der Waals surface area contributed by atoms with Crippen molar-refractivity contribution >= 4 is 38.9 Å². The normalized spacial score (nSPS) is 16.0. The number of phenolic OH excluding ortho intramolecular Hbond substituents is 1. The van der Waals surface area contributed by atoms with Crippen LogP contribution in [0, 0.1) is 0 Å². The van der Waals surface area contributed by atoms with Gasteiger partial charge in [-0.1, -0.05) is 23.7 Å². The summed E-state index contributed by atoms with van der Waals surface area (Å²) in [6, 6.07) is 10.1. The van der Waals surface area contributed by atoms with Crippen LogP contribution in [0.25, 0.3) is 0 Å². The SMILES string of the molecule is O=C(CNS(=O)(=O)c1ccc(Cl)s1)N1CCC(c2ccc(O)cc2)CC1.